The van der Waals surface area contributed by atoms with Gasteiger partial charge >= 0.3 is 0 Å². The van der Waals surface area contributed by atoms with Gasteiger partial charge in [-0.05, 0) is 36.8 Å². The van der Waals surface area contributed by atoms with E-state index in [9.17, 15) is 5.11 Å². The first-order chi connectivity index (χ1) is 9.67. The Balaban J connectivity index is 1.80. The number of rotatable bonds is 2. The molecule has 3 rings (SSSR count). The molecule has 1 heterocycles. The van der Waals surface area contributed by atoms with Gasteiger partial charge in [-0.15, -0.1) is 0 Å². The molecule has 3 unspecified atom stereocenters. The lowest BCUT2D eigenvalue weighted by atomic mass is 9.77. The highest BCUT2D eigenvalue weighted by Gasteiger charge is 2.34. The van der Waals surface area contributed by atoms with Gasteiger partial charge < -0.3 is 14.6 Å². The molecule has 0 spiro atoms. The van der Waals surface area contributed by atoms with Crippen molar-refractivity contribution in [3.8, 4) is 11.5 Å². The lowest BCUT2D eigenvalue weighted by molar-refractivity contribution is 0.0170. The van der Waals surface area contributed by atoms with E-state index in [1.165, 1.54) is 25.7 Å². The van der Waals surface area contributed by atoms with Crippen LogP contribution in [0.15, 0.2) is 18.2 Å². The lowest BCUT2D eigenvalue weighted by Crippen LogP contribution is -2.35. The summed E-state index contributed by atoms with van der Waals surface area (Å²) in [5, 5.41) is 10.4. The van der Waals surface area contributed by atoms with Crippen LogP contribution in [0.3, 0.4) is 0 Å². The Morgan fingerprint density at radius 1 is 1.25 bits per heavy atom. The fourth-order valence-electron chi connectivity index (χ4n) is 3.68. The molecule has 3 nitrogen and oxygen atoms in total. The van der Waals surface area contributed by atoms with Crippen molar-refractivity contribution in [2.24, 2.45) is 11.8 Å². The average molecular weight is 276 g/mol. The van der Waals surface area contributed by atoms with E-state index in [0.29, 0.717) is 5.92 Å². The maximum atomic E-state index is 10.4. The van der Waals surface area contributed by atoms with Crippen molar-refractivity contribution in [3.05, 3.63) is 23.8 Å². The second-order valence-corrected chi connectivity index (χ2v) is 6.34. The van der Waals surface area contributed by atoms with Gasteiger partial charge in [0.05, 0.1) is 13.2 Å². The van der Waals surface area contributed by atoms with Gasteiger partial charge in [0.15, 0.2) is 0 Å². The summed E-state index contributed by atoms with van der Waals surface area (Å²) < 4.78 is 11.4. The molecular formula is C17H24O3. The molecule has 20 heavy (non-hydrogen) atoms. The molecule has 1 N–H and O–H groups in total. The standard InChI is InChI=1S/C17H24O3/c1-11-4-3-5-12(8-11)16-10-15(18)14-7-6-13(19-2)9-17(14)20-16/h6-7,9,11-12,15-16,18H,3-5,8,10H2,1-2H3/t11?,12?,15-,16?/m1/s1. The highest BCUT2D eigenvalue weighted by atomic mass is 16.5. The highest BCUT2D eigenvalue weighted by molar-refractivity contribution is 5.43. The zero-order valence-electron chi connectivity index (χ0n) is 12.3. The van der Waals surface area contributed by atoms with Gasteiger partial charge in [-0.25, -0.2) is 0 Å². The molecule has 1 aliphatic heterocycles. The Bertz CT molecular complexity index is 471. The summed E-state index contributed by atoms with van der Waals surface area (Å²) in [6, 6.07) is 5.70. The second-order valence-electron chi connectivity index (χ2n) is 6.34. The Labute approximate surface area is 120 Å². The van der Waals surface area contributed by atoms with E-state index in [-0.39, 0.29) is 6.10 Å². The minimum Gasteiger partial charge on any atom is -0.497 e. The van der Waals surface area contributed by atoms with Crippen molar-refractivity contribution in [2.45, 2.75) is 51.2 Å². The lowest BCUT2D eigenvalue weighted by Gasteiger charge is -2.38. The zero-order chi connectivity index (χ0) is 14.1. The van der Waals surface area contributed by atoms with Crippen LogP contribution in [0, 0.1) is 11.8 Å². The molecule has 0 saturated heterocycles. The summed E-state index contributed by atoms with van der Waals surface area (Å²) in [4.78, 5) is 0. The number of hydrogen-bond donors (Lipinski definition) is 1. The van der Waals surface area contributed by atoms with Crippen LogP contribution in [-0.2, 0) is 0 Å². The zero-order valence-corrected chi connectivity index (χ0v) is 12.3. The third kappa shape index (κ3) is 2.64. The Hall–Kier alpha value is -1.22. The number of aliphatic hydroxyl groups excluding tert-OH is 1. The molecule has 0 bridgehead atoms. The van der Waals surface area contributed by atoms with E-state index in [0.717, 1.165) is 29.4 Å². The molecule has 0 radical (unpaired) electrons. The molecule has 0 amide bonds. The Morgan fingerprint density at radius 3 is 2.85 bits per heavy atom. The van der Waals surface area contributed by atoms with Gasteiger partial charge in [0.1, 0.15) is 17.6 Å². The number of hydrogen-bond acceptors (Lipinski definition) is 3. The predicted octanol–water partition coefficient (Wildman–Crippen LogP) is 3.71. The molecule has 1 aromatic carbocycles. The number of benzene rings is 1. The summed E-state index contributed by atoms with van der Waals surface area (Å²) >= 11 is 0. The summed E-state index contributed by atoms with van der Waals surface area (Å²) in [7, 11) is 1.65. The van der Waals surface area contributed by atoms with Crippen molar-refractivity contribution in [1.29, 1.82) is 0 Å². The normalized spacial score (nSPS) is 33.1. The van der Waals surface area contributed by atoms with Crippen LogP contribution in [0.1, 0.15) is 50.7 Å². The molecule has 3 heteroatoms. The van der Waals surface area contributed by atoms with Crippen molar-refractivity contribution in [3.63, 3.8) is 0 Å². The van der Waals surface area contributed by atoms with Gasteiger partial charge in [-0.1, -0.05) is 19.8 Å². The van der Waals surface area contributed by atoms with E-state index >= 15 is 0 Å². The second kappa shape index (κ2) is 5.65. The van der Waals surface area contributed by atoms with Gasteiger partial charge in [-0.2, -0.15) is 0 Å². The van der Waals surface area contributed by atoms with E-state index in [1.54, 1.807) is 7.11 Å². The molecular weight excluding hydrogens is 252 g/mol. The maximum Gasteiger partial charge on any atom is 0.129 e. The highest BCUT2D eigenvalue weighted by Crippen LogP contribution is 2.42. The van der Waals surface area contributed by atoms with Gasteiger partial charge in [0.2, 0.25) is 0 Å². The van der Waals surface area contributed by atoms with Crippen LogP contribution in [-0.4, -0.2) is 18.3 Å². The van der Waals surface area contributed by atoms with Crippen LogP contribution in [0.2, 0.25) is 0 Å². The Kier molecular flexibility index (Phi) is 3.88. The number of fused-ring (bicyclic) bond motifs is 1. The van der Waals surface area contributed by atoms with E-state index in [4.69, 9.17) is 9.47 Å². The molecule has 4 atom stereocenters. The summed E-state index contributed by atoms with van der Waals surface area (Å²) in [5.74, 6) is 2.94. The number of methoxy groups -OCH3 is 1. The van der Waals surface area contributed by atoms with E-state index in [1.807, 2.05) is 18.2 Å². The SMILES string of the molecule is COc1ccc2c(c1)OC(C1CCCC(C)C1)C[C@H]2O. The fourth-order valence-corrected chi connectivity index (χ4v) is 3.68. The maximum absolute atomic E-state index is 10.4. The van der Waals surface area contributed by atoms with Crippen molar-refractivity contribution in [2.75, 3.05) is 7.11 Å². The molecule has 2 aliphatic rings. The van der Waals surface area contributed by atoms with Crippen LogP contribution < -0.4 is 9.47 Å². The van der Waals surface area contributed by atoms with Crippen molar-refractivity contribution in [1.82, 2.24) is 0 Å². The van der Waals surface area contributed by atoms with E-state index in [2.05, 4.69) is 6.92 Å². The van der Waals surface area contributed by atoms with Crippen molar-refractivity contribution >= 4 is 0 Å². The van der Waals surface area contributed by atoms with Crippen molar-refractivity contribution < 1.29 is 14.6 Å². The molecule has 1 aromatic rings. The van der Waals surface area contributed by atoms with Crippen LogP contribution in [0.25, 0.3) is 0 Å². The predicted molar refractivity (Wildman–Crippen MR) is 78.1 cm³/mol. The fraction of sp³-hybridized carbons (Fsp3) is 0.647. The minimum absolute atomic E-state index is 0.146. The quantitative estimate of drug-likeness (QED) is 0.895. The number of aliphatic hydroxyl groups is 1. The smallest absolute Gasteiger partial charge is 0.129 e. The minimum atomic E-state index is -0.410. The molecule has 110 valence electrons. The van der Waals surface area contributed by atoms with E-state index < -0.39 is 6.10 Å². The topological polar surface area (TPSA) is 38.7 Å². The van der Waals surface area contributed by atoms with Gasteiger partial charge in [-0.3, -0.25) is 0 Å². The van der Waals surface area contributed by atoms with Crippen LogP contribution in [0.4, 0.5) is 0 Å². The molecule has 1 fully saturated rings. The first kappa shape index (κ1) is 13.7. The first-order valence-corrected chi connectivity index (χ1v) is 7.70. The molecule has 1 saturated carbocycles. The third-order valence-electron chi connectivity index (χ3n) is 4.82. The summed E-state index contributed by atoms with van der Waals surface area (Å²) in [6.07, 6.45) is 5.51. The van der Waals surface area contributed by atoms with Crippen LogP contribution in [0.5, 0.6) is 11.5 Å². The van der Waals surface area contributed by atoms with Gasteiger partial charge in [0.25, 0.3) is 0 Å². The summed E-state index contributed by atoms with van der Waals surface area (Å²) in [5.41, 5.74) is 0.894. The molecule has 1 aliphatic carbocycles. The average Bonchev–Trinajstić information content (AvgIpc) is 2.46. The monoisotopic (exact) mass is 276 g/mol. The summed E-state index contributed by atoms with van der Waals surface area (Å²) in [6.45, 7) is 2.32. The first-order valence-electron chi connectivity index (χ1n) is 7.70. The third-order valence-corrected chi connectivity index (χ3v) is 4.82. The Morgan fingerprint density at radius 2 is 2.10 bits per heavy atom. The molecule has 0 aromatic heterocycles. The number of ether oxygens (including phenoxy) is 2. The van der Waals surface area contributed by atoms with Gasteiger partial charge in [0, 0.05) is 18.1 Å². The van der Waals surface area contributed by atoms with Crippen LogP contribution >= 0.6 is 0 Å². The largest absolute Gasteiger partial charge is 0.497 e.